The normalized spacial score (nSPS) is 14.5. The lowest BCUT2D eigenvalue weighted by Crippen LogP contribution is -2.16. The maximum Gasteiger partial charge on any atom is 0.184 e. The van der Waals surface area contributed by atoms with Gasteiger partial charge in [-0.25, -0.2) is 9.97 Å². The Labute approximate surface area is 117 Å². The Balaban J connectivity index is 2.24. The Morgan fingerprint density at radius 1 is 1.15 bits per heavy atom. The topological polar surface area (TPSA) is 46.3 Å². The summed E-state index contributed by atoms with van der Waals surface area (Å²) in [4.78, 5) is 11.6. The largest absolute Gasteiger partial charge is 0.359 e. The first-order valence-electron chi connectivity index (χ1n) is 6.93. The molecule has 1 aliphatic heterocycles. The van der Waals surface area contributed by atoms with Gasteiger partial charge in [0.1, 0.15) is 5.82 Å². The van der Waals surface area contributed by atoms with Gasteiger partial charge in [-0.1, -0.05) is 0 Å². The Morgan fingerprint density at radius 3 is 2.75 bits per heavy atom. The average molecular weight is 267 g/mol. The molecule has 0 unspecified atom stereocenters. The average Bonchev–Trinajstić information content (AvgIpc) is 2.90. The standard InChI is InChI=1S/C15H17N5/c1-8-7-9(2)16-13-12(8)14-17-10(3)11-5-6-19(4)15(11)20(14)18-13/h7H,5-6H2,1-4H3. The van der Waals surface area contributed by atoms with Crippen LogP contribution >= 0.6 is 0 Å². The highest BCUT2D eigenvalue weighted by Gasteiger charge is 2.25. The van der Waals surface area contributed by atoms with Crippen LogP contribution in [0.25, 0.3) is 16.7 Å². The van der Waals surface area contributed by atoms with Crippen molar-refractivity contribution in [2.45, 2.75) is 27.2 Å². The highest BCUT2D eigenvalue weighted by atomic mass is 15.4. The van der Waals surface area contributed by atoms with Crippen LogP contribution in [0.5, 0.6) is 0 Å². The fourth-order valence-electron chi connectivity index (χ4n) is 3.25. The first-order chi connectivity index (χ1) is 9.56. The third kappa shape index (κ3) is 1.35. The number of pyridine rings is 1. The summed E-state index contributed by atoms with van der Waals surface area (Å²) in [5.41, 5.74) is 6.33. The molecule has 4 rings (SSSR count). The molecule has 0 fully saturated rings. The predicted octanol–water partition coefficient (Wildman–Crippen LogP) is 2.20. The van der Waals surface area contributed by atoms with Crippen molar-refractivity contribution in [2.75, 3.05) is 18.5 Å². The van der Waals surface area contributed by atoms with E-state index in [1.807, 2.05) is 11.4 Å². The number of hydrogen-bond acceptors (Lipinski definition) is 4. The summed E-state index contributed by atoms with van der Waals surface area (Å²) >= 11 is 0. The molecule has 0 aliphatic carbocycles. The van der Waals surface area contributed by atoms with Crippen LogP contribution in [0.4, 0.5) is 5.82 Å². The molecule has 0 bridgehead atoms. The number of fused-ring (bicyclic) bond motifs is 5. The van der Waals surface area contributed by atoms with E-state index < -0.39 is 0 Å². The van der Waals surface area contributed by atoms with Gasteiger partial charge in [-0.05, 0) is 38.8 Å². The van der Waals surface area contributed by atoms with Crippen LogP contribution in [0.2, 0.25) is 0 Å². The number of nitrogens with zero attached hydrogens (tertiary/aromatic N) is 5. The number of hydrogen-bond donors (Lipinski definition) is 0. The summed E-state index contributed by atoms with van der Waals surface area (Å²) in [5.74, 6) is 1.17. The Hall–Kier alpha value is -2.17. The van der Waals surface area contributed by atoms with Crippen molar-refractivity contribution < 1.29 is 0 Å². The molecule has 0 N–H and O–H groups in total. The molecule has 0 aromatic carbocycles. The molecule has 0 radical (unpaired) electrons. The molecule has 102 valence electrons. The van der Waals surface area contributed by atoms with Gasteiger partial charge in [0.2, 0.25) is 0 Å². The number of anilines is 1. The summed E-state index contributed by atoms with van der Waals surface area (Å²) in [7, 11) is 2.11. The summed E-state index contributed by atoms with van der Waals surface area (Å²) in [6.07, 6.45) is 1.04. The molecule has 3 aromatic heterocycles. The van der Waals surface area contributed by atoms with Gasteiger partial charge >= 0.3 is 0 Å². The van der Waals surface area contributed by atoms with E-state index in [1.54, 1.807) is 0 Å². The van der Waals surface area contributed by atoms with Crippen LogP contribution in [-0.2, 0) is 6.42 Å². The predicted molar refractivity (Wildman–Crippen MR) is 79.5 cm³/mol. The van der Waals surface area contributed by atoms with Crippen LogP contribution in [0.1, 0.15) is 22.5 Å². The lowest BCUT2D eigenvalue weighted by molar-refractivity contribution is 0.887. The highest BCUT2D eigenvalue weighted by molar-refractivity contribution is 5.93. The maximum absolute atomic E-state index is 4.79. The molecule has 4 heterocycles. The maximum atomic E-state index is 4.79. The molecule has 0 saturated carbocycles. The second-order valence-corrected chi connectivity index (χ2v) is 5.69. The van der Waals surface area contributed by atoms with Crippen LogP contribution < -0.4 is 4.90 Å². The first-order valence-corrected chi connectivity index (χ1v) is 6.93. The van der Waals surface area contributed by atoms with E-state index in [-0.39, 0.29) is 0 Å². The fourth-order valence-corrected chi connectivity index (χ4v) is 3.25. The fraction of sp³-hybridized carbons (Fsp3) is 0.400. The van der Waals surface area contributed by atoms with Gasteiger partial charge in [-0.3, -0.25) is 0 Å². The zero-order chi connectivity index (χ0) is 14.0. The van der Waals surface area contributed by atoms with Gasteiger partial charge in [0, 0.05) is 30.5 Å². The SMILES string of the molecule is Cc1cc(C)c2c(n1)nn1c3c(c(C)nc21)CCN3C. The van der Waals surface area contributed by atoms with Crippen LogP contribution in [0, 0.1) is 20.8 Å². The zero-order valence-corrected chi connectivity index (χ0v) is 12.2. The molecule has 0 spiro atoms. The van der Waals surface area contributed by atoms with Gasteiger partial charge in [-0.15, -0.1) is 5.10 Å². The molecule has 20 heavy (non-hydrogen) atoms. The molecule has 0 amide bonds. The van der Waals surface area contributed by atoms with E-state index in [1.165, 1.54) is 16.9 Å². The third-order valence-electron chi connectivity index (χ3n) is 4.18. The smallest absolute Gasteiger partial charge is 0.184 e. The first kappa shape index (κ1) is 11.6. The molecule has 1 aliphatic rings. The third-order valence-corrected chi connectivity index (χ3v) is 4.18. The summed E-state index contributed by atoms with van der Waals surface area (Å²) in [6, 6.07) is 2.10. The number of aromatic nitrogens is 4. The van der Waals surface area contributed by atoms with E-state index in [9.17, 15) is 0 Å². The van der Waals surface area contributed by atoms with Gasteiger partial charge in [-0.2, -0.15) is 4.52 Å². The molecule has 3 aromatic rings. The highest BCUT2D eigenvalue weighted by Crippen LogP contribution is 2.32. The molecule has 0 saturated heterocycles. The Morgan fingerprint density at radius 2 is 1.95 bits per heavy atom. The molecule has 5 heteroatoms. The van der Waals surface area contributed by atoms with Gasteiger partial charge in [0.15, 0.2) is 11.3 Å². The monoisotopic (exact) mass is 267 g/mol. The van der Waals surface area contributed by atoms with Crippen LogP contribution in [-0.4, -0.2) is 33.2 Å². The molecule has 0 atom stereocenters. The minimum Gasteiger partial charge on any atom is -0.359 e. The van der Waals surface area contributed by atoms with Gasteiger partial charge in [0.25, 0.3) is 0 Å². The second-order valence-electron chi connectivity index (χ2n) is 5.69. The second kappa shape index (κ2) is 3.69. The van der Waals surface area contributed by atoms with Crippen molar-refractivity contribution in [3.63, 3.8) is 0 Å². The quantitative estimate of drug-likeness (QED) is 0.626. The van der Waals surface area contributed by atoms with Crippen molar-refractivity contribution >= 4 is 22.5 Å². The Bertz CT molecular complexity index is 862. The van der Waals surface area contributed by atoms with Crippen molar-refractivity contribution in [3.8, 4) is 0 Å². The van der Waals surface area contributed by atoms with Crippen molar-refractivity contribution in [1.82, 2.24) is 19.6 Å². The van der Waals surface area contributed by atoms with Crippen LogP contribution in [0.3, 0.4) is 0 Å². The minimum atomic E-state index is 0.795. The summed E-state index contributed by atoms with van der Waals surface area (Å²) in [5, 5.41) is 5.77. The number of rotatable bonds is 0. The van der Waals surface area contributed by atoms with Crippen molar-refractivity contribution in [3.05, 3.63) is 28.6 Å². The lowest BCUT2D eigenvalue weighted by Gasteiger charge is -2.13. The van der Waals surface area contributed by atoms with E-state index in [0.717, 1.165) is 41.0 Å². The molecule has 5 nitrogen and oxygen atoms in total. The summed E-state index contributed by atoms with van der Waals surface area (Å²) < 4.78 is 1.97. The molecular weight excluding hydrogens is 250 g/mol. The van der Waals surface area contributed by atoms with E-state index in [2.05, 4.69) is 36.8 Å². The van der Waals surface area contributed by atoms with E-state index in [4.69, 9.17) is 10.1 Å². The van der Waals surface area contributed by atoms with E-state index >= 15 is 0 Å². The van der Waals surface area contributed by atoms with Gasteiger partial charge in [0.05, 0.1) is 5.39 Å². The van der Waals surface area contributed by atoms with Crippen molar-refractivity contribution in [1.29, 1.82) is 0 Å². The molecular formula is C15H17N5. The van der Waals surface area contributed by atoms with Gasteiger partial charge < -0.3 is 4.90 Å². The Kier molecular flexibility index (Phi) is 2.14. The summed E-state index contributed by atoms with van der Waals surface area (Å²) in [6.45, 7) is 7.23. The number of aryl methyl sites for hydroxylation is 3. The minimum absolute atomic E-state index is 0.795. The van der Waals surface area contributed by atoms with E-state index in [0.29, 0.717) is 0 Å². The lowest BCUT2D eigenvalue weighted by atomic mass is 10.1. The van der Waals surface area contributed by atoms with Crippen LogP contribution in [0.15, 0.2) is 6.07 Å². The zero-order valence-electron chi connectivity index (χ0n) is 12.2. The number of likely N-dealkylation sites (N-methyl/N-ethyl adjacent to an activating group) is 1. The van der Waals surface area contributed by atoms with Crippen molar-refractivity contribution in [2.24, 2.45) is 0 Å².